The Morgan fingerprint density at radius 2 is 1.57 bits per heavy atom. The molecule has 2 atom stereocenters. The Hall–Kier alpha value is -0.610. The van der Waals surface area contributed by atoms with Crippen LogP contribution in [-0.4, -0.2) is 72.5 Å². The first-order valence-electron chi connectivity index (χ1n) is 9.99. The van der Waals surface area contributed by atoms with Crippen LogP contribution in [0.4, 0.5) is 0 Å². The third-order valence-electron chi connectivity index (χ3n) is 6.09. The van der Waals surface area contributed by atoms with Crippen molar-refractivity contribution in [2.24, 2.45) is 5.92 Å². The number of likely N-dealkylation sites (tertiary alicyclic amines) is 3. The first-order chi connectivity index (χ1) is 11.2. The molecule has 3 aliphatic heterocycles. The number of carbonyl (C=O) groups excluding carboxylic acids is 1. The average Bonchev–Trinajstić information content (AvgIpc) is 2.99. The molecule has 132 valence electrons. The lowest BCUT2D eigenvalue weighted by Crippen LogP contribution is -2.51. The largest absolute Gasteiger partial charge is 0.341 e. The fourth-order valence-electron chi connectivity index (χ4n) is 4.64. The number of hydrogen-bond acceptors (Lipinski definition) is 3. The van der Waals surface area contributed by atoms with Crippen LogP contribution in [0.3, 0.4) is 0 Å². The molecule has 23 heavy (non-hydrogen) atoms. The molecule has 0 spiro atoms. The first kappa shape index (κ1) is 17.2. The summed E-state index contributed by atoms with van der Waals surface area (Å²) in [6.07, 6.45) is 10.6. The summed E-state index contributed by atoms with van der Waals surface area (Å²) < 4.78 is 0. The van der Waals surface area contributed by atoms with E-state index in [1.807, 2.05) is 0 Å². The predicted molar refractivity (Wildman–Crippen MR) is 94.5 cm³/mol. The first-order valence-corrected chi connectivity index (χ1v) is 9.99. The lowest BCUT2D eigenvalue weighted by Gasteiger charge is -2.39. The highest BCUT2D eigenvalue weighted by Gasteiger charge is 2.31. The van der Waals surface area contributed by atoms with Crippen LogP contribution in [0.1, 0.15) is 58.3 Å². The summed E-state index contributed by atoms with van der Waals surface area (Å²) in [7, 11) is 0. The van der Waals surface area contributed by atoms with Crippen molar-refractivity contribution in [2.45, 2.75) is 64.3 Å². The van der Waals surface area contributed by atoms with Gasteiger partial charge in [-0.3, -0.25) is 9.69 Å². The van der Waals surface area contributed by atoms with Crippen molar-refractivity contribution >= 4 is 5.91 Å². The SMILES string of the molecule is C[C@H](C(=O)N1CCCC1)N1CCC[C@H](CN2CCCCCC2)C1. The summed E-state index contributed by atoms with van der Waals surface area (Å²) in [6, 6.07) is 0.0834. The Morgan fingerprint density at radius 1 is 0.913 bits per heavy atom. The summed E-state index contributed by atoms with van der Waals surface area (Å²) in [6.45, 7) is 10.2. The van der Waals surface area contributed by atoms with Crippen LogP contribution in [0, 0.1) is 5.92 Å². The Morgan fingerprint density at radius 3 is 2.26 bits per heavy atom. The number of rotatable bonds is 4. The second-order valence-corrected chi connectivity index (χ2v) is 7.93. The van der Waals surface area contributed by atoms with Crippen molar-refractivity contribution in [3.8, 4) is 0 Å². The quantitative estimate of drug-likeness (QED) is 0.796. The second-order valence-electron chi connectivity index (χ2n) is 7.93. The van der Waals surface area contributed by atoms with Crippen LogP contribution in [0.5, 0.6) is 0 Å². The molecule has 4 nitrogen and oxygen atoms in total. The highest BCUT2D eigenvalue weighted by atomic mass is 16.2. The normalized spacial score (nSPS) is 29.4. The monoisotopic (exact) mass is 321 g/mol. The van der Waals surface area contributed by atoms with Crippen molar-refractivity contribution in [1.82, 2.24) is 14.7 Å². The molecular formula is C19H35N3O. The topological polar surface area (TPSA) is 26.8 Å². The summed E-state index contributed by atoms with van der Waals surface area (Å²) in [5.41, 5.74) is 0. The van der Waals surface area contributed by atoms with Crippen LogP contribution in [0.25, 0.3) is 0 Å². The van der Waals surface area contributed by atoms with Crippen LogP contribution >= 0.6 is 0 Å². The fourth-order valence-corrected chi connectivity index (χ4v) is 4.64. The van der Waals surface area contributed by atoms with Gasteiger partial charge in [-0.25, -0.2) is 0 Å². The molecule has 0 radical (unpaired) electrons. The van der Waals surface area contributed by atoms with E-state index in [1.54, 1.807) is 0 Å². The molecule has 0 N–H and O–H groups in total. The zero-order chi connectivity index (χ0) is 16.1. The minimum absolute atomic E-state index is 0.0834. The van der Waals surface area contributed by atoms with Gasteiger partial charge >= 0.3 is 0 Å². The van der Waals surface area contributed by atoms with Crippen LogP contribution < -0.4 is 0 Å². The van der Waals surface area contributed by atoms with Gasteiger partial charge in [-0.15, -0.1) is 0 Å². The second kappa shape index (κ2) is 8.48. The van der Waals surface area contributed by atoms with Crippen LogP contribution in [0.2, 0.25) is 0 Å². The van der Waals surface area contributed by atoms with Crippen molar-refractivity contribution in [3.63, 3.8) is 0 Å². The Labute approximate surface area is 142 Å². The lowest BCUT2D eigenvalue weighted by molar-refractivity contribution is -0.136. The highest BCUT2D eigenvalue weighted by molar-refractivity contribution is 5.81. The van der Waals surface area contributed by atoms with Gasteiger partial charge in [-0.1, -0.05) is 12.8 Å². The van der Waals surface area contributed by atoms with Gasteiger partial charge in [-0.2, -0.15) is 0 Å². The van der Waals surface area contributed by atoms with Crippen molar-refractivity contribution < 1.29 is 4.79 Å². The zero-order valence-electron chi connectivity index (χ0n) is 15.0. The standard InChI is InChI=1S/C19H35N3O/c1-17(19(23)21-12-6-7-13-21)22-14-8-9-18(16-22)15-20-10-4-2-3-5-11-20/h17-18H,2-16H2,1H3/t17-,18-/m1/s1. The van der Waals surface area contributed by atoms with Crippen molar-refractivity contribution in [1.29, 1.82) is 0 Å². The molecule has 3 heterocycles. The van der Waals surface area contributed by atoms with Crippen LogP contribution in [-0.2, 0) is 4.79 Å². The molecule has 0 bridgehead atoms. The van der Waals surface area contributed by atoms with E-state index in [9.17, 15) is 4.79 Å². The molecule has 3 fully saturated rings. The van der Waals surface area contributed by atoms with Crippen molar-refractivity contribution in [2.75, 3.05) is 45.8 Å². The summed E-state index contributed by atoms with van der Waals surface area (Å²) in [5.74, 6) is 1.13. The van der Waals surface area contributed by atoms with Gasteiger partial charge in [-0.05, 0) is 71.0 Å². The van der Waals surface area contributed by atoms with Gasteiger partial charge in [0.05, 0.1) is 6.04 Å². The molecule has 3 aliphatic rings. The van der Waals surface area contributed by atoms with E-state index >= 15 is 0 Å². The maximum absolute atomic E-state index is 12.7. The maximum Gasteiger partial charge on any atom is 0.239 e. The molecule has 1 amide bonds. The smallest absolute Gasteiger partial charge is 0.239 e. The lowest BCUT2D eigenvalue weighted by atomic mass is 9.96. The molecule has 0 aromatic rings. The highest BCUT2D eigenvalue weighted by Crippen LogP contribution is 2.22. The number of amides is 1. The van der Waals surface area contributed by atoms with Gasteiger partial charge in [0.15, 0.2) is 0 Å². The third-order valence-corrected chi connectivity index (χ3v) is 6.09. The summed E-state index contributed by atoms with van der Waals surface area (Å²) in [5, 5.41) is 0. The molecule has 3 rings (SSSR count). The Kier molecular flexibility index (Phi) is 6.35. The van der Waals surface area contributed by atoms with E-state index in [-0.39, 0.29) is 6.04 Å². The molecule has 0 aliphatic carbocycles. The molecule has 0 unspecified atom stereocenters. The van der Waals surface area contributed by atoms with Gasteiger partial charge in [0.1, 0.15) is 0 Å². The molecule has 0 aromatic heterocycles. The maximum atomic E-state index is 12.7. The minimum atomic E-state index is 0.0834. The van der Waals surface area contributed by atoms with E-state index in [2.05, 4.69) is 21.6 Å². The minimum Gasteiger partial charge on any atom is -0.341 e. The number of nitrogens with zero attached hydrogens (tertiary/aromatic N) is 3. The van der Waals surface area contributed by atoms with Crippen LogP contribution in [0.15, 0.2) is 0 Å². The number of piperidine rings is 1. The van der Waals surface area contributed by atoms with Gasteiger partial charge in [0.25, 0.3) is 0 Å². The van der Waals surface area contributed by atoms with Crippen molar-refractivity contribution in [3.05, 3.63) is 0 Å². The predicted octanol–water partition coefficient (Wildman–Crippen LogP) is 2.59. The molecular weight excluding hydrogens is 286 g/mol. The molecule has 0 aromatic carbocycles. The van der Waals surface area contributed by atoms with Gasteiger partial charge in [0, 0.05) is 26.2 Å². The van der Waals surface area contributed by atoms with Gasteiger partial charge in [0.2, 0.25) is 5.91 Å². The Bertz CT molecular complexity index is 373. The molecule has 3 saturated heterocycles. The molecule has 4 heteroatoms. The van der Waals surface area contributed by atoms with Gasteiger partial charge < -0.3 is 9.80 Å². The van der Waals surface area contributed by atoms with E-state index in [0.29, 0.717) is 5.91 Å². The molecule has 0 saturated carbocycles. The fraction of sp³-hybridized carbons (Fsp3) is 0.947. The number of carbonyl (C=O) groups is 1. The summed E-state index contributed by atoms with van der Waals surface area (Å²) in [4.78, 5) is 19.9. The van der Waals surface area contributed by atoms with E-state index < -0.39 is 0 Å². The Balaban J connectivity index is 1.49. The summed E-state index contributed by atoms with van der Waals surface area (Å²) >= 11 is 0. The number of hydrogen-bond donors (Lipinski definition) is 0. The van der Waals surface area contributed by atoms with E-state index in [4.69, 9.17) is 0 Å². The van der Waals surface area contributed by atoms with E-state index in [0.717, 1.165) is 32.1 Å². The average molecular weight is 322 g/mol. The van der Waals surface area contributed by atoms with E-state index in [1.165, 1.54) is 71.0 Å². The third kappa shape index (κ3) is 4.69. The zero-order valence-corrected chi connectivity index (χ0v) is 15.0.